The number of ether oxygens (including phenoxy) is 2. The first-order valence-electron chi connectivity index (χ1n) is 6.99. The molecule has 9 heteroatoms. The summed E-state index contributed by atoms with van der Waals surface area (Å²) in [6.07, 6.45) is -0.298. The van der Waals surface area contributed by atoms with Crippen molar-refractivity contribution >= 4 is 41.2 Å². The number of halogens is 2. The maximum Gasteiger partial charge on any atom is 0.329 e. The zero-order chi connectivity index (χ0) is 17.0. The molecule has 0 fully saturated rings. The van der Waals surface area contributed by atoms with Gasteiger partial charge in [-0.25, -0.2) is 9.59 Å². The third-order valence-corrected chi connectivity index (χ3v) is 2.88. The van der Waals surface area contributed by atoms with Gasteiger partial charge in [-0.05, 0) is 13.8 Å². The number of hydrogen-bond donors (Lipinski definition) is 1. The molecule has 0 saturated heterocycles. The van der Waals surface area contributed by atoms with Gasteiger partial charge in [0.2, 0.25) is 0 Å². The number of amides is 2. The van der Waals surface area contributed by atoms with Gasteiger partial charge in [-0.15, -0.1) is 23.2 Å². The van der Waals surface area contributed by atoms with Gasteiger partial charge in [-0.2, -0.15) is 0 Å². The fourth-order valence-corrected chi connectivity index (χ4v) is 1.99. The van der Waals surface area contributed by atoms with Crippen LogP contribution in [0, 0.1) is 0 Å². The molecular formula is C13H22Cl2N2O5. The Hall–Kier alpha value is -1.21. The predicted molar refractivity (Wildman–Crippen MR) is 83.2 cm³/mol. The van der Waals surface area contributed by atoms with Crippen molar-refractivity contribution in [2.75, 3.05) is 38.1 Å². The highest BCUT2D eigenvalue weighted by Crippen LogP contribution is 2.02. The zero-order valence-corrected chi connectivity index (χ0v) is 14.3. The molecule has 0 aromatic carbocycles. The summed E-state index contributed by atoms with van der Waals surface area (Å²) in [5, 5.41) is 2.45. The van der Waals surface area contributed by atoms with Crippen LogP contribution in [0.15, 0.2) is 0 Å². The summed E-state index contributed by atoms with van der Waals surface area (Å²) in [7, 11) is 0. The molecule has 0 aliphatic rings. The first-order chi connectivity index (χ1) is 10.5. The van der Waals surface area contributed by atoms with E-state index in [9.17, 15) is 14.4 Å². The van der Waals surface area contributed by atoms with Crippen molar-refractivity contribution < 1.29 is 23.9 Å². The topological polar surface area (TPSA) is 84.9 Å². The van der Waals surface area contributed by atoms with Crippen LogP contribution in [0.1, 0.15) is 20.3 Å². The van der Waals surface area contributed by atoms with Crippen LogP contribution in [0.2, 0.25) is 0 Å². The molecular weight excluding hydrogens is 335 g/mol. The van der Waals surface area contributed by atoms with E-state index < -0.39 is 24.0 Å². The van der Waals surface area contributed by atoms with Crippen molar-refractivity contribution in [2.24, 2.45) is 0 Å². The van der Waals surface area contributed by atoms with Gasteiger partial charge in [0.05, 0.1) is 19.6 Å². The molecule has 22 heavy (non-hydrogen) atoms. The number of esters is 2. The molecule has 1 unspecified atom stereocenters. The van der Waals surface area contributed by atoms with Gasteiger partial charge >= 0.3 is 18.0 Å². The molecule has 0 bridgehead atoms. The highest BCUT2D eigenvalue weighted by Gasteiger charge is 2.27. The first kappa shape index (κ1) is 20.8. The van der Waals surface area contributed by atoms with Gasteiger partial charge < -0.3 is 19.7 Å². The van der Waals surface area contributed by atoms with Gasteiger partial charge in [0.25, 0.3) is 0 Å². The molecule has 0 aliphatic carbocycles. The van der Waals surface area contributed by atoms with Gasteiger partial charge in [-0.3, -0.25) is 4.79 Å². The Bertz CT molecular complexity index is 362. The van der Waals surface area contributed by atoms with E-state index in [2.05, 4.69) is 5.32 Å². The van der Waals surface area contributed by atoms with E-state index in [1.165, 1.54) is 4.90 Å². The number of carbonyl (C=O) groups excluding carboxylic acids is 3. The normalized spacial score (nSPS) is 11.5. The van der Waals surface area contributed by atoms with Gasteiger partial charge in [0, 0.05) is 24.8 Å². The minimum atomic E-state index is -1.11. The lowest BCUT2D eigenvalue weighted by Crippen LogP contribution is -2.50. The van der Waals surface area contributed by atoms with Crippen molar-refractivity contribution in [3.8, 4) is 0 Å². The summed E-state index contributed by atoms with van der Waals surface area (Å²) in [4.78, 5) is 36.8. The van der Waals surface area contributed by atoms with Crippen LogP contribution in [0.4, 0.5) is 4.79 Å². The number of nitrogens with one attached hydrogen (secondary N) is 1. The van der Waals surface area contributed by atoms with E-state index in [-0.39, 0.29) is 44.5 Å². The molecule has 7 nitrogen and oxygen atoms in total. The van der Waals surface area contributed by atoms with Crippen molar-refractivity contribution in [3.05, 3.63) is 0 Å². The molecule has 1 N–H and O–H groups in total. The highest BCUT2D eigenvalue weighted by atomic mass is 35.5. The summed E-state index contributed by atoms with van der Waals surface area (Å²) in [6, 6.07) is -1.65. The third-order valence-electron chi connectivity index (χ3n) is 2.54. The maximum absolute atomic E-state index is 12.1. The number of rotatable bonds is 10. The Morgan fingerprint density at radius 2 is 1.59 bits per heavy atom. The van der Waals surface area contributed by atoms with Crippen molar-refractivity contribution in [1.29, 1.82) is 0 Å². The molecule has 0 spiro atoms. The second kappa shape index (κ2) is 12.3. The second-order valence-corrected chi connectivity index (χ2v) is 4.88. The van der Waals surface area contributed by atoms with E-state index in [1.54, 1.807) is 13.8 Å². The van der Waals surface area contributed by atoms with Crippen LogP contribution in [-0.2, 0) is 19.1 Å². The van der Waals surface area contributed by atoms with Gasteiger partial charge in [0.15, 0.2) is 0 Å². The van der Waals surface area contributed by atoms with Crippen LogP contribution < -0.4 is 5.32 Å². The minimum absolute atomic E-state index is 0.140. The van der Waals surface area contributed by atoms with Gasteiger partial charge in [-0.1, -0.05) is 0 Å². The van der Waals surface area contributed by atoms with E-state index in [0.29, 0.717) is 0 Å². The number of urea groups is 1. The van der Waals surface area contributed by atoms with E-state index >= 15 is 0 Å². The standard InChI is InChI=1S/C13H22Cl2N2O5/c1-3-21-11(18)9-10(12(19)22-4-2)16-13(20)17(7-5-14)8-6-15/h10H,3-9H2,1-2H3,(H,16,20). The van der Waals surface area contributed by atoms with Crippen LogP contribution in [0.3, 0.4) is 0 Å². The van der Waals surface area contributed by atoms with Crippen LogP contribution in [-0.4, -0.2) is 67.0 Å². The fraction of sp³-hybridized carbons (Fsp3) is 0.769. The Balaban J connectivity index is 4.81. The van der Waals surface area contributed by atoms with Crippen molar-refractivity contribution in [3.63, 3.8) is 0 Å². The molecule has 0 radical (unpaired) electrons. The Labute approximate surface area is 140 Å². The SMILES string of the molecule is CCOC(=O)CC(NC(=O)N(CCCl)CCCl)C(=O)OCC. The quantitative estimate of drug-likeness (QED) is 0.471. The Kier molecular flexibility index (Phi) is 11.7. The fourth-order valence-electron chi connectivity index (χ4n) is 1.58. The van der Waals surface area contributed by atoms with Crippen LogP contribution in [0.25, 0.3) is 0 Å². The predicted octanol–water partition coefficient (Wildman–Crippen LogP) is 1.36. The number of carbonyl (C=O) groups is 3. The Morgan fingerprint density at radius 3 is 2.05 bits per heavy atom. The summed E-state index contributed by atoms with van der Waals surface area (Å²) in [5.41, 5.74) is 0. The highest BCUT2D eigenvalue weighted by molar-refractivity contribution is 6.18. The van der Waals surface area contributed by atoms with Crippen molar-refractivity contribution in [1.82, 2.24) is 10.2 Å². The second-order valence-electron chi connectivity index (χ2n) is 4.13. The molecule has 0 aromatic rings. The van der Waals surface area contributed by atoms with Crippen molar-refractivity contribution in [2.45, 2.75) is 26.3 Å². The third kappa shape index (κ3) is 8.29. The maximum atomic E-state index is 12.1. The lowest BCUT2D eigenvalue weighted by Gasteiger charge is -2.24. The van der Waals surface area contributed by atoms with E-state index in [4.69, 9.17) is 32.7 Å². The molecule has 0 saturated carbocycles. The molecule has 1 atom stereocenters. The smallest absolute Gasteiger partial charge is 0.329 e. The molecule has 0 rings (SSSR count). The summed E-state index contributed by atoms with van der Waals surface area (Å²) < 4.78 is 9.64. The largest absolute Gasteiger partial charge is 0.466 e. The molecule has 128 valence electrons. The monoisotopic (exact) mass is 356 g/mol. The molecule has 0 aliphatic heterocycles. The number of nitrogens with zero attached hydrogens (tertiary/aromatic N) is 1. The molecule has 0 heterocycles. The minimum Gasteiger partial charge on any atom is -0.466 e. The van der Waals surface area contributed by atoms with E-state index in [0.717, 1.165) is 0 Å². The summed E-state index contributed by atoms with van der Waals surface area (Å²) >= 11 is 11.2. The zero-order valence-electron chi connectivity index (χ0n) is 12.8. The summed E-state index contributed by atoms with van der Waals surface area (Å²) in [5.74, 6) is -0.832. The summed E-state index contributed by atoms with van der Waals surface area (Å²) in [6.45, 7) is 4.16. The average Bonchev–Trinajstić information content (AvgIpc) is 2.46. The molecule has 2 amide bonds. The lowest BCUT2D eigenvalue weighted by atomic mass is 10.2. The molecule has 0 aromatic heterocycles. The van der Waals surface area contributed by atoms with Gasteiger partial charge in [0.1, 0.15) is 6.04 Å². The Morgan fingerprint density at radius 1 is 1.05 bits per heavy atom. The lowest BCUT2D eigenvalue weighted by molar-refractivity contribution is -0.152. The van der Waals surface area contributed by atoms with Crippen LogP contribution in [0.5, 0.6) is 0 Å². The average molecular weight is 357 g/mol. The van der Waals surface area contributed by atoms with E-state index in [1.807, 2.05) is 0 Å². The number of hydrogen-bond acceptors (Lipinski definition) is 5. The van der Waals surface area contributed by atoms with Crippen LogP contribution >= 0.6 is 23.2 Å². The number of alkyl halides is 2. The first-order valence-corrected chi connectivity index (χ1v) is 8.06.